The van der Waals surface area contributed by atoms with E-state index in [1.54, 1.807) is 0 Å². The molecule has 0 fully saturated rings. The molecule has 0 spiro atoms. The first kappa shape index (κ1) is 16.2. The Labute approximate surface area is 119 Å². The van der Waals surface area contributed by atoms with Crippen LogP contribution in [-0.4, -0.2) is 31.1 Å². The van der Waals surface area contributed by atoms with Gasteiger partial charge in [0.05, 0.1) is 0 Å². The summed E-state index contributed by atoms with van der Waals surface area (Å²) < 4.78 is 0. The fourth-order valence-electron chi connectivity index (χ4n) is 2.74. The third-order valence-electron chi connectivity index (χ3n) is 3.89. The van der Waals surface area contributed by atoms with Crippen LogP contribution in [0.1, 0.15) is 49.1 Å². The molecule has 1 atom stereocenters. The summed E-state index contributed by atoms with van der Waals surface area (Å²) in [5.41, 5.74) is 5.63. The van der Waals surface area contributed by atoms with Gasteiger partial charge in [0.1, 0.15) is 0 Å². The van der Waals surface area contributed by atoms with Gasteiger partial charge in [0.2, 0.25) is 0 Å². The Kier molecular flexibility index (Phi) is 6.02. The number of hydrogen-bond acceptors (Lipinski definition) is 2. The second-order valence-electron chi connectivity index (χ2n) is 5.96. The second kappa shape index (κ2) is 7.06. The van der Waals surface area contributed by atoms with Crippen LogP contribution in [0.3, 0.4) is 0 Å². The van der Waals surface area contributed by atoms with Gasteiger partial charge in [0, 0.05) is 18.6 Å². The summed E-state index contributed by atoms with van der Waals surface area (Å²) >= 11 is 0. The molecule has 1 rings (SSSR count). The average molecular weight is 262 g/mol. The third-order valence-corrected chi connectivity index (χ3v) is 3.89. The van der Waals surface area contributed by atoms with Crippen LogP contribution < -0.4 is 5.32 Å². The number of likely N-dealkylation sites (N-methyl/N-ethyl adjacent to an activating group) is 2. The summed E-state index contributed by atoms with van der Waals surface area (Å²) in [6.07, 6.45) is 0. The standard InChI is InChI=1S/C17H30N2/c1-8-18-16(11-19(7)12(2)3)17-14(5)9-13(4)10-15(17)6/h9-10,12,16,18H,8,11H2,1-7H3. The Morgan fingerprint density at radius 3 is 2.05 bits per heavy atom. The van der Waals surface area contributed by atoms with E-state index >= 15 is 0 Å². The first-order chi connectivity index (χ1) is 8.86. The topological polar surface area (TPSA) is 15.3 Å². The highest BCUT2D eigenvalue weighted by atomic mass is 15.1. The molecular weight excluding hydrogens is 232 g/mol. The van der Waals surface area contributed by atoms with Crippen LogP contribution in [0.2, 0.25) is 0 Å². The zero-order valence-corrected chi connectivity index (χ0v) is 13.7. The number of benzene rings is 1. The summed E-state index contributed by atoms with van der Waals surface area (Å²) in [4.78, 5) is 2.41. The van der Waals surface area contributed by atoms with E-state index in [1.165, 1.54) is 22.3 Å². The summed E-state index contributed by atoms with van der Waals surface area (Å²) in [7, 11) is 2.20. The van der Waals surface area contributed by atoms with Crippen LogP contribution in [0.5, 0.6) is 0 Å². The molecule has 1 N–H and O–H groups in total. The molecule has 19 heavy (non-hydrogen) atoms. The van der Waals surface area contributed by atoms with Crippen LogP contribution in [0.4, 0.5) is 0 Å². The average Bonchev–Trinajstić information content (AvgIpc) is 2.27. The van der Waals surface area contributed by atoms with E-state index in [0.29, 0.717) is 12.1 Å². The van der Waals surface area contributed by atoms with Crippen molar-refractivity contribution in [1.29, 1.82) is 0 Å². The minimum atomic E-state index is 0.415. The largest absolute Gasteiger partial charge is 0.309 e. The summed E-state index contributed by atoms with van der Waals surface area (Å²) in [5.74, 6) is 0. The van der Waals surface area contributed by atoms with Gasteiger partial charge < -0.3 is 10.2 Å². The predicted molar refractivity (Wildman–Crippen MR) is 84.8 cm³/mol. The van der Waals surface area contributed by atoms with E-state index in [1.807, 2.05) is 0 Å². The number of hydrogen-bond donors (Lipinski definition) is 1. The van der Waals surface area contributed by atoms with Crippen molar-refractivity contribution in [1.82, 2.24) is 10.2 Å². The van der Waals surface area contributed by atoms with Crippen LogP contribution in [0.25, 0.3) is 0 Å². The molecule has 0 saturated heterocycles. The molecule has 0 heterocycles. The van der Waals surface area contributed by atoms with Crippen LogP contribution in [0, 0.1) is 20.8 Å². The van der Waals surface area contributed by atoms with Crippen molar-refractivity contribution in [3.8, 4) is 0 Å². The van der Waals surface area contributed by atoms with Crippen molar-refractivity contribution in [3.63, 3.8) is 0 Å². The van der Waals surface area contributed by atoms with Crippen molar-refractivity contribution < 1.29 is 0 Å². The molecule has 2 heteroatoms. The molecule has 1 unspecified atom stereocenters. The lowest BCUT2D eigenvalue weighted by Crippen LogP contribution is -2.37. The molecule has 0 radical (unpaired) electrons. The third kappa shape index (κ3) is 4.32. The van der Waals surface area contributed by atoms with Crippen molar-refractivity contribution in [2.24, 2.45) is 0 Å². The van der Waals surface area contributed by atoms with Crippen molar-refractivity contribution >= 4 is 0 Å². The van der Waals surface area contributed by atoms with Gasteiger partial charge in [-0.1, -0.05) is 24.6 Å². The van der Waals surface area contributed by atoms with Crippen molar-refractivity contribution in [3.05, 3.63) is 34.4 Å². The van der Waals surface area contributed by atoms with Gasteiger partial charge in [-0.05, 0) is 64.9 Å². The van der Waals surface area contributed by atoms with E-state index in [9.17, 15) is 0 Å². The van der Waals surface area contributed by atoms with Crippen molar-refractivity contribution in [2.75, 3.05) is 20.1 Å². The number of aryl methyl sites for hydroxylation is 3. The maximum atomic E-state index is 3.64. The maximum Gasteiger partial charge on any atom is 0.0454 e. The molecular formula is C17H30N2. The Bertz CT molecular complexity index is 387. The molecule has 2 nitrogen and oxygen atoms in total. The molecule has 0 aliphatic heterocycles. The van der Waals surface area contributed by atoms with Crippen LogP contribution in [-0.2, 0) is 0 Å². The van der Waals surface area contributed by atoms with Gasteiger partial charge in [0.15, 0.2) is 0 Å². The molecule has 0 bridgehead atoms. The minimum absolute atomic E-state index is 0.415. The normalized spacial score (nSPS) is 13.3. The Morgan fingerprint density at radius 1 is 1.11 bits per heavy atom. The molecule has 0 aromatic heterocycles. The van der Waals surface area contributed by atoms with E-state index in [4.69, 9.17) is 0 Å². The van der Waals surface area contributed by atoms with E-state index in [2.05, 4.69) is 70.9 Å². The van der Waals surface area contributed by atoms with Crippen LogP contribution >= 0.6 is 0 Å². The van der Waals surface area contributed by atoms with Gasteiger partial charge in [-0.25, -0.2) is 0 Å². The smallest absolute Gasteiger partial charge is 0.0454 e. The molecule has 0 saturated carbocycles. The highest BCUT2D eigenvalue weighted by Gasteiger charge is 2.18. The predicted octanol–water partition coefficient (Wildman–Crippen LogP) is 3.60. The van der Waals surface area contributed by atoms with Crippen molar-refractivity contribution in [2.45, 2.75) is 53.6 Å². The molecule has 108 valence electrons. The van der Waals surface area contributed by atoms with E-state index in [0.717, 1.165) is 13.1 Å². The fraction of sp³-hybridized carbons (Fsp3) is 0.647. The van der Waals surface area contributed by atoms with Gasteiger partial charge >= 0.3 is 0 Å². The molecule has 1 aromatic rings. The zero-order valence-electron chi connectivity index (χ0n) is 13.7. The quantitative estimate of drug-likeness (QED) is 0.842. The van der Waals surface area contributed by atoms with Gasteiger partial charge in [-0.15, -0.1) is 0 Å². The Morgan fingerprint density at radius 2 is 1.63 bits per heavy atom. The Hall–Kier alpha value is -0.860. The molecule has 0 aliphatic carbocycles. The lowest BCUT2D eigenvalue weighted by Gasteiger charge is -2.30. The minimum Gasteiger partial charge on any atom is -0.309 e. The van der Waals surface area contributed by atoms with E-state index in [-0.39, 0.29) is 0 Å². The molecule has 0 amide bonds. The summed E-state index contributed by atoms with van der Waals surface area (Å²) in [5, 5.41) is 3.64. The summed E-state index contributed by atoms with van der Waals surface area (Å²) in [6, 6.07) is 5.58. The highest BCUT2D eigenvalue weighted by Crippen LogP contribution is 2.24. The Balaban J connectivity index is 3.05. The fourth-order valence-corrected chi connectivity index (χ4v) is 2.74. The van der Waals surface area contributed by atoms with Crippen LogP contribution in [0.15, 0.2) is 12.1 Å². The summed E-state index contributed by atoms with van der Waals surface area (Å²) in [6.45, 7) is 15.4. The molecule has 0 aliphatic rings. The first-order valence-corrected chi connectivity index (χ1v) is 7.38. The maximum absolute atomic E-state index is 3.64. The van der Waals surface area contributed by atoms with Gasteiger partial charge in [-0.3, -0.25) is 0 Å². The number of nitrogens with one attached hydrogen (secondary N) is 1. The lowest BCUT2D eigenvalue weighted by molar-refractivity contribution is 0.242. The SMILES string of the molecule is CCNC(CN(C)C(C)C)c1c(C)cc(C)cc1C. The first-order valence-electron chi connectivity index (χ1n) is 7.38. The van der Waals surface area contributed by atoms with E-state index < -0.39 is 0 Å². The molecule has 1 aromatic carbocycles. The second-order valence-corrected chi connectivity index (χ2v) is 5.96. The number of nitrogens with zero attached hydrogens (tertiary/aromatic N) is 1. The van der Waals surface area contributed by atoms with Gasteiger partial charge in [-0.2, -0.15) is 0 Å². The number of rotatable bonds is 6. The zero-order chi connectivity index (χ0) is 14.6. The highest BCUT2D eigenvalue weighted by molar-refractivity contribution is 5.39. The van der Waals surface area contributed by atoms with Gasteiger partial charge in [0.25, 0.3) is 0 Å². The lowest BCUT2D eigenvalue weighted by atomic mass is 9.93. The monoisotopic (exact) mass is 262 g/mol.